The molecule has 0 bridgehead atoms. The van der Waals surface area contributed by atoms with Gasteiger partial charge in [0.15, 0.2) is 0 Å². The Bertz CT molecular complexity index is 677. The molecule has 0 saturated heterocycles. The van der Waals surface area contributed by atoms with Gasteiger partial charge in [-0.2, -0.15) is 0 Å². The summed E-state index contributed by atoms with van der Waals surface area (Å²) in [7, 11) is 0. The van der Waals surface area contributed by atoms with Crippen molar-refractivity contribution in [2.75, 3.05) is 0 Å². The fraction of sp³-hybridized carbons (Fsp3) is 0.455. The first-order valence-electron chi connectivity index (χ1n) is 9.46. The monoisotopic (exact) mass is 356 g/mol. The number of ether oxygens (including phenoxy) is 2. The highest BCUT2D eigenvalue weighted by atomic mass is 16.5. The van der Waals surface area contributed by atoms with Gasteiger partial charge in [-0.15, -0.1) is 0 Å². The molecule has 4 heteroatoms. The van der Waals surface area contributed by atoms with E-state index in [1.165, 1.54) is 0 Å². The highest BCUT2D eigenvalue weighted by Gasteiger charge is 2.11. The average molecular weight is 356 g/mol. The van der Waals surface area contributed by atoms with Crippen molar-refractivity contribution in [3.05, 3.63) is 47.5 Å². The smallest absolute Gasteiger partial charge is 0.306 e. The summed E-state index contributed by atoms with van der Waals surface area (Å²) >= 11 is 0. The highest BCUT2D eigenvalue weighted by molar-refractivity contribution is 5.89. The number of carbonyl (C=O) groups is 2. The van der Waals surface area contributed by atoms with Crippen molar-refractivity contribution in [3.63, 3.8) is 0 Å². The predicted molar refractivity (Wildman–Crippen MR) is 103 cm³/mol. The first kappa shape index (κ1) is 20.0. The van der Waals surface area contributed by atoms with Crippen LogP contribution >= 0.6 is 0 Å². The number of rotatable bonds is 10. The molecule has 140 valence electrons. The van der Waals surface area contributed by atoms with Gasteiger partial charge in [-0.25, -0.2) is 0 Å². The maximum Gasteiger partial charge on any atom is 0.306 e. The second kappa shape index (κ2) is 10.6. The Balaban J connectivity index is 2.12. The maximum atomic E-state index is 11.8. The van der Waals surface area contributed by atoms with Crippen LogP contribution in [0.1, 0.15) is 63.5 Å². The van der Waals surface area contributed by atoms with Gasteiger partial charge in [-0.1, -0.05) is 63.1 Å². The highest BCUT2D eigenvalue weighted by Crippen LogP contribution is 2.25. The van der Waals surface area contributed by atoms with E-state index in [2.05, 4.69) is 0 Å². The lowest BCUT2D eigenvalue weighted by atomic mass is 10.00. The SMILES string of the molecule is CCCCC(=O)OCc1cccc2cccc(COC(=O)CCCC)c12. The average Bonchev–Trinajstić information content (AvgIpc) is 2.67. The Hall–Kier alpha value is -2.36. The van der Waals surface area contributed by atoms with Gasteiger partial charge in [-0.05, 0) is 34.7 Å². The first-order valence-corrected chi connectivity index (χ1v) is 9.46. The quantitative estimate of drug-likeness (QED) is 0.542. The van der Waals surface area contributed by atoms with Gasteiger partial charge in [0.1, 0.15) is 13.2 Å². The van der Waals surface area contributed by atoms with E-state index in [0.29, 0.717) is 12.8 Å². The van der Waals surface area contributed by atoms with Gasteiger partial charge in [0.25, 0.3) is 0 Å². The molecule has 0 aliphatic rings. The molecule has 4 nitrogen and oxygen atoms in total. The van der Waals surface area contributed by atoms with Crippen LogP contribution in [0.3, 0.4) is 0 Å². The molecular weight excluding hydrogens is 328 g/mol. The van der Waals surface area contributed by atoms with E-state index in [0.717, 1.165) is 47.6 Å². The van der Waals surface area contributed by atoms with Gasteiger partial charge in [0.2, 0.25) is 0 Å². The molecule has 0 radical (unpaired) electrons. The fourth-order valence-corrected chi connectivity index (χ4v) is 2.85. The second-order valence-corrected chi connectivity index (χ2v) is 6.46. The van der Waals surface area contributed by atoms with Crippen molar-refractivity contribution in [3.8, 4) is 0 Å². The zero-order valence-electron chi connectivity index (χ0n) is 15.8. The van der Waals surface area contributed by atoms with E-state index in [1.54, 1.807) is 0 Å². The van der Waals surface area contributed by atoms with E-state index in [1.807, 2.05) is 50.2 Å². The molecule has 0 aromatic heterocycles. The van der Waals surface area contributed by atoms with Gasteiger partial charge >= 0.3 is 11.9 Å². The normalized spacial score (nSPS) is 10.7. The third-order valence-electron chi connectivity index (χ3n) is 4.32. The van der Waals surface area contributed by atoms with Crippen LogP contribution in [-0.2, 0) is 32.3 Å². The Labute approximate surface area is 155 Å². The zero-order valence-corrected chi connectivity index (χ0v) is 15.8. The lowest BCUT2D eigenvalue weighted by Crippen LogP contribution is -2.07. The van der Waals surface area contributed by atoms with Crippen LogP contribution < -0.4 is 0 Å². The van der Waals surface area contributed by atoms with Crippen molar-refractivity contribution in [2.24, 2.45) is 0 Å². The molecule has 2 rings (SSSR count). The second-order valence-electron chi connectivity index (χ2n) is 6.46. The van der Waals surface area contributed by atoms with Crippen LogP contribution in [0.25, 0.3) is 10.8 Å². The molecule has 0 unspecified atom stereocenters. The number of benzene rings is 2. The van der Waals surface area contributed by atoms with Crippen molar-refractivity contribution < 1.29 is 19.1 Å². The van der Waals surface area contributed by atoms with Crippen LogP contribution in [0, 0.1) is 0 Å². The van der Waals surface area contributed by atoms with E-state index in [4.69, 9.17) is 9.47 Å². The van der Waals surface area contributed by atoms with Crippen LogP contribution in [0.5, 0.6) is 0 Å². The molecule has 0 saturated carbocycles. The number of carbonyl (C=O) groups excluding carboxylic acids is 2. The van der Waals surface area contributed by atoms with Crippen LogP contribution in [-0.4, -0.2) is 11.9 Å². The number of fused-ring (bicyclic) bond motifs is 1. The molecular formula is C22H28O4. The molecule has 0 aliphatic carbocycles. The van der Waals surface area contributed by atoms with Gasteiger partial charge in [-0.3, -0.25) is 9.59 Å². The first-order chi connectivity index (χ1) is 12.7. The number of hydrogen-bond donors (Lipinski definition) is 0. The van der Waals surface area contributed by atoms with Crippen LogP contribution in [0.4, 0.5) is 0 Å². The summed E-state index contributed by atoms with van der Waals surface area (Å²) < 4.78 is 10.9. The third-order valence-corrected chi connectivity index (χ3v) is 4.32. The Morgan fingerprint density at radius 2 is 1.23 bits per heavy atom. The molecule has 26 heavy (non-hydrogen) atoms. The minimum absolute atomic E-state index is 0.174. The number of hydrogen-bond acceptors (Lipinski definition) is 4. The van der Waals surface area contributed by atoms with E-state index < -0.39 is 0 Å². The van der Waals surface area contributed by atoms with Crippen molar-refractivity contribution in [1.29, 1.82) is 0 Å². The lowest BCUT2D eigenvalue weighted by molar-refractivity contribution is -0.145. The van der Waals surface area contributed by atoms with E-state index in [9.17, 15) is 9.59 Å². The van der Waals surface area contributed by atoms with Gasteiger partial charge < -0.3 is 9.47 Å². The standard InChI is InChI=1S/C22H28O4/c1-3-5-13-20(23)25-15-18-11-7-9-17-10-8-12-19(22(17)18)16-26-21(24)14-6-4-2/h7-12H,3-6,13-16H2,1-2H3. The molecule has 0 heterocycles. The molecule has 0 N–H and O–H groups in total. The van der Waals surface area contributed by atoms with E-state index >= 15 is 0 Å². The van der Waals surface area contributed by atoms with Gasteiger partial charge in [0, 0.05) is 12.8 Å². The third kappa shape index (κ3) is 5.87. The lowest BCUT2D eigenvalue weighted by Gasteiger charge is -2.13. The topological polar surface area (TPSA) is 52.6 Å². The predicted octanol–water partition coefficient (Wildman–Crippen LogP) is 5.31. The van der Waals surface area contributed by atoms with E-state index in [-0.39, 0.29) is 25.2 Å². The Kier molecular flexibility index (Phi) is 8.13. The Morgan fingerprint density at radius 1 is 0.769 bits per heavy atom. The summed E-state index contributed by atoms with van der Waals surface area (Å²) in [6.07, 6.45) is 4.51. The number of esters is 2. The fourth-order valence-electron chi connectivity index (χ4n) is 2.85. The largest absolute Gasteiger partial charge is 0.461 e. The molecule has 0 spiro atoms. The van der Waals surface area contributed by atoms with Crippen molar-refractivity contribution in [2.45, 2.75) is 65.6 Å². The maximum absolute atomic E-state index is 11.8. The summed E-state index contributed by atoms with van der Waals surface area (Å²) in [5.41, 5.74) is 1.88. The number of unbranched alkanes of at least 4 members (excludes halogenated alkanes) is 2. The molecule has 2 aromatic rings. The summed E-state index contributed by atoms with van der Waals surface area (Å²) in [5.74, 6) is -0.348. The molecule has 0 fully saturated rings. The molecule has 0 amide bonds. The minimum Gasteiger partial charge on any atom is -0.461 e. The zero-order chi connectivity index (χ0) is 18.8. The minimum atomic E-state index is -0.174. The molecule has 2 aromatic carbocycles. The van der Waals surface area contributed by atoms with Crippen molar-refractivity contribution >= 4 is 22.7 Å². The molecule has 0 aliphatic heterocycles. The molecule has 0 atom stereocenters. The summed E-state index contributed by atoms with van der Waals surface area (Å²) in [4.78, 5) is 23.6. The van der Waals surface area contributed by atoms with Crippen molar-refractivity contribution in [1.82, 2.24) is 0 Å². The summed E-state index contributed by atoms with van der Waals surface area (Å²) in [6, 6.07) is 11.8. The summed E-state index contributed by atoms with van der Waals surface area (Å²) in [5, 5.41) is 2.05. The van der Waals surface area contributed by atoms with Crippen LogP contribution in [0.15, 0.2) is 36.4 Å². The van der Waals surface area contributed by atoms with Crippen LogP contribution in [0.2, 0.25) is 0 Å². The van der Waals surface area contributed by atoms with Gasteiger partial charge in [0.05, 0.1) is 0 Å². The Morgan fingerprint density at radius 3 is 1.65 bits per heavy atom. The summed E-state index contributed by atoms with van der Waals surface area (Å²) in [6.45, 7) is 4.57.